The first-order chi connectivity index (χ1) is 7.11. The van der Waals surface area contributed by atoms with Crippen molar-refractivity contribution in [2.45, 2.75) is 13.8 Å². The van der Waals surface area contributed by atoms with Crippen LogP contribution in [0.4, 0.5) is 0 Å². The van der Waals surface area contributed by atoms with Crippen molar-refractivity contribution in [3.63, 3.8) is 0 Å². The van der Waals surface area contributed by atoms with Crippen LogP contribution in [0, 0.1) is 0 Å². The molecule has 0 N–H and O–H groups in total. The average molecular weight is 209 g/mol. The monoisotopic (exact) mass is 209 g/mol. The van der Waals surface area contributed by atoms with Gasteiger partial charge in [-0.15, -0.1) is 0 Å². The second-order valence-corrected chi connectivity index (χ2v) is 2.85. The number of nitrogens with zero attached hydrogens (tertiary/aromatic N) is 1. The minimum absolute atomic E-state index is 0.0145. The normalized spacial score (nSPS) is 9.73. The largest absolute Gasteiger partial charge is 0.461 e. The van der Waals surface area contributed by atoms with Crippen molar-refractivity contribution in [2.75, 3.05) is 6.61 Å². The Kier molecular flexibility index (Phi) is 3.38. The van der Waals surface area contributed by atoms with Crippen LogP contribution in [0.3, 0.4) is 0 Å². The number of carbonyl (C=O) groups excluding carboxylic acids is 3. The lowest BCUT2D eigenvalue weighted by atomic mass is 10.2. The number of aldehydes is 1. The van der Waals surface area contributed by atoms with Gasteiger partial charge in [-0.3, -0.25) is 14.2 Å². The molecule has 1 aromatic rings. The van der Waals surface area contributed by atoms with Crippen LogP contribution in [-0.2, 0) is 4.74 Å². The van der Waals surface area contributed by atoms with E-state index in [2.05, 4.69) is 0 Å². The zero-order chi connectivity index (χ0) is 11.4. The quantitative estimate of drug-likeness (QED) is 0.553. The summed E-state index contributed by atoms with van der Waals surface area (Å²) in [6.45, 7) is 3.15. The summed E-state index contributed by atoms with van der Waals surface area (Å²) in [5.41, 5.74) is 0.142. The molecule has 1 aromatic heterocycles. The van der Waals surface area contributed by atoms with Crippen molar-refractivity contribution in [1.82, 2.24) is 4.57 Å². The molecule has 5 heteroatoms. The van der Waals surface area contributed by atoms with Crippen molar-refractivity contribution >= 4 is 18.2 Å². The van der Waals surface area contributed by atoms with Crippen molar-refractivity contribution in [2.24, 2.45) is 0 Å². The van der Waals surface area contributed by atoms with E-state index in [4.69, 9.17) is 4.74 Å². The predicted octanol–water partition coefficient (Wildman–Crippen LogP) is 1.14. The molecule has 0 spiro atoms. The minimum atomic E-state index is -0.667. The Balaban J connectivity index is 3.21. The zero-order valence-corrected chi connectivity index (χ0v) is 8.52. The summed E-state index contributed by atoms with van der Waals surface area (Å²) in [5.74, 6) is -1.01. The van der Waals surface area contributed by atoms with E-state index >= 15 is 0 Å². The number of esters is 1. The van der Waals surface area contributed by atoms with Crippen LogP contribution in [0.2, 0.25) is 0 Å². The maximum absolute atomic E-state index is 11.5. The molecule has 0 amide bonds. The van der Waals surface area contributed by atoms with Crippen LogP contribution in [-0.4, -0.2) is 29.3 Å². The van der Waals surface area contributed by atoms with Crippen LogP contribution in [0.25, 0.3) is 0 Å². The number of hydrogen-bond acceptors (Lipinski definition) is 4. The fourth-order valence-corrected chi connectivity index (χ4v) is 1.22. The number of ether oxygens (including phenoxy) is 1. The molecule has 0 unspecified atom stereocenters. The van der Waals surface area contributed by atoms with Crippen LogP contribution in [0.1, 0.15) is 39.5 Å². The molecule has 0 bridgehead atoms. The first kappa shape index (κ1) is 11.2. The zero-order valence-electron chi connectivity index (χ0n) is 8.52. The third-order valence-electron chi connectivity index (χ3n) is 1.85. The van der Waals surface area contributed by atoms with Gasteiger partial charge < -0.3 is 4.74 Å². The molecular weight excluding hydrogens is 198 g/mol. The summed E-state index contributed by atoms with van der Waals surface area (Å²) >= 11 is 0. The molecule has 0 fully saturated rings. The SMILES string of the molecule is CCOC(=O)c1c(C=O)ccn1C(C)=O. The summed E-state index contributed by atoms with van der Waals surface area (Å²) in [7, 11) is 0. The molecule has 5 nitrogen and oxygen atoms in total. The standard InChI is InChI=1S/C10H11NO4/c1-3-15-10(14)9-8(6-12)4-5-11(9)7(2)13/h4-6H,3H2,1-2H3. The summed E-state index contributed by atoms with van der Waals surface area (Å²) < 4.78 is 5.85. The molecule has 15 heavy (non-hydrogen) atoms. The highest BCUT2D eigenvalue weighted by molar-refractivity contribution is 6.00. The Labute approximate surface area is 86.6 Å². The molecular formula is C10H11NO4. The Morgan fingerprint density at radius 2 is 2.20 bits per heavy atom. The van der Waals surface area contributed by atoms with E-state index in [9.17, 15) is 14.4 Å². The van der Waals surface area contributed by atoms with Gasteiger partial charge in [-0.05, 0) is 13.0 Å². The number of rotatable bonds is 3. The van der Waals surface area contributed by atoms with E-state index in [1.807, 2.05) is 0 Å². The highest BCUT2D eigenvalue weighted by Crippen LogP contribution is 2.10. The summed E-state index contributed by atoms with van der Waals surface area (Å²) in [4.78, 5) is 33.2. The van der Waals surface area contributed by atoms with Gasteiger partial charge in [0, 0.05) is 18.7 Å². The van der Waals surface area contributed by atoms with Crippen LogP contribution < -0.4 is 0 Å². The predicted molar refractivity (Wildman–Crippen MR) is 52.1 cm³/mol. The molecule has 0 aliphatic heterocycles. The van der Waals surface area contributed by atoms with Gasteiger partial charge >= 0.3 is 5.97 Å². The fourth-order valence-electron chi connectivity index (χ4n) is 1.22. The van der Waals surface area contributed by atoms with Gasteiger partial charge in [0.05, 0.1) is 6.61 Å². The molecule has 80 valence electrons. The smallest absolute Gasteiger partial charge is 0.356 e. The lowest BCUT2D eigenvalue weighted by Gasteiger charge is -2.05. The van der Waals surface area contributed by atoms with Gasteiger partial charge in [0.2, 0.25) is 5.91 Å². The van der Waals surface area contributed by atoms with Gasteiger partial charge in [-0.1, -0.05) is 0 Å². The molecule has 0 aliphatic rings. The van der Waals surface area contributed by atoms with Crippen molar-refractivity contribution in [3.8, 4) is 0 Å². The van der Waals surface area contributed by atoms with Crippen molar-refractivity contribution < 1.29 is 19.1 Å². The summed E-state index contributed by atoms with van der Waals surface area (Å²) in [5, 5.41) is 0. The first-order valence-corrected chi connectivity index (χ1v) is 4.46. The topological polar surface area (TPSA) is 65.4 Å². The van der Waals surface area contributed by atoms with Gasteiger partial charge in [0.1, 0.15) is 5.69 Å². The highest BCUT2D eigenvalue weighted by atomic mass is 16.5. The molecule has 0 saturated heterocycles. The Morgan fingerprint density at radius 3 is 2.67 bits per heavy atom. The summed E-state index contributed by atoms with van der Waals surface area (Å²) in [6.07, 6.45) is 1.89. The van der Waals surface area contributed by atoms with Crippen LogP contribution in [0.5, 0.6) is 0 Å². The maximum atomic E-state index is 11.5. The second kappa shape index (κ2) is 4.54. The van der Waals surface area contributed by atoms with Crippen molar-refractivity contribution in [1.29, 1.82) is 0 Å². The third-order valence-corrected chi connectivity index (χ3v) is 1.85. The molecule has 0 saturated carbocycles. The van der Waals surface area contributed by atoms with E-state index in [0.717, 1.165) is 4.57 Å². The maximum Gasteiger partial charge on any atom is 0.356 e. The van der Waals surface area contributed by atoms with Crippen molar-refractivity contribution in [3.05, 3.63) is 23.5 Å². The Bertz CT molecular complexity index is 406. The molecule has 0 aliphatic carbocycles. The van der Waals surface area contributed by atoms with E-state index in [0.29, 0.717) is 6.29 Å². The molecule has 0 radical (unpaired) electrons. The first-order valence-electron chi connectivity index (χ1n) is 4.46. The lowest BCUT2D eigenvalue weighted by Crippen LogP contribution is -2.17. The van der Waals surface area contributed by atoms with Gasteiger partial charge in [-0.2, -0.15) is 0 Å². The number of aromatic nitrogens is 1. The Morgan fingerprint density at radius 1 is 1.53 bits per heavy atom. The van der Waals surface area contributed by atoms with E-state index < -0.39 is 5.97 Å². The molecule has 0 aromatic carbocycles. The van der Waals surface area contributed by atoms with Gasteiger partial charge in [-0.25, -0.2) is 4.79 Å². The minimum Gasteiger partial charge on any atom is -0.461 e. The summed E-state index contributed by atoms with van der Waals surface area (Å²) in [6, 6.07) is 1.40. The molecule has 1 rings (SSSR count). The average Bonchev–Trinajstić information content (AvgIpc) is 2.61. The fraction of sp³-hybridized carbons (Fsp3) is 0.300. The van der Waals surface area contributed by atoms with Gasteiger partial charge in [0.25, 0.3) is 0 Å². The highest BCUT2D eigenvalue weighted by Gasteiger charge is 2.19. The third kappa shape index (κ3) is 2.12. The lowest BCUT2D eigenvalue weighted by molar-refractivity contribution is 0.0507. The molecule has 1 heterocycles. The van der Waals surface area contributed by atoms with E-state index in [-0.39, 0.29) is 23.8 Å². The number of carbonyl (C=O) groups is 3. The van der Waals surface area contributed by atoms with E-state index in [1.165, 1.54) is 19.2 Å². The number of hydrogen-bond donors (Lipinski definition) is 0. The van der Waals surface area contributed by atoms with E-state index in [1.54, 1.807) is 6.92 Å². The molecule has 0 atom stereocenters. The van der Waals surface area contributed by atoms with Gasteiger partial charge in [0.15, 0.2) is 6.29 Å². The Hall–Kier alpha value is -1.91. The van der Waals surface area contributed by atoms with Crippen LogP contribution in [0.15, 0.2) is 12.3 Å². The van der Waals surface area contributed by atoms with Crippen LogP contribution >= 0.6 is 0 Å². The second-order valence-electron chi connectivity index (χ2n) is 2.85.